The number of rotatable bonds is 6. The van der Waals surface area contributed by atoms with Gasteiger partial charge in [-0.2, -0.15) is 0 Å². The Morgan fingerprint density at radius 2 is 1.65 bits per heavy atom. The first-order valence-electron chi connectivity index (χ1n) is 11.6. The molecule has 1 unspecified atom stereocenters. The summed E-state index contributed by atoms with van der Waals surface area (Å²) in [6.07, 6.45) is 2.38. The lowest BCUT2D eigenvalue weighted by atomic mass is 10.0. The largest absolute Gasteiger partial charge is 0.497 e. The summed E-state index contributed by atoms with van der Waals surface area (Å²) >= 11 is 0. The first-order valence-corrected chi connectivity index (χ1v) is 11.6. The summed E-state index contributed by atoms with van der Waals surface area (Å²) < 4.78 is 17.0. The lowest BCUT2D eigenvalue weighted by molar-refractivity contribution is -0.0521. The van der Waals surface area contributed by atoms with Crippen molar-refractivity contribution in [2.24, 2.45) is 0 Å². The van der Waals surface area contributed by atoms with Gasteiger partial charge in [0.2, 0.25) is 0 Å². The number of urea groups is 1. The van der Waals surface area contributed by atoms with Gasteiger partial charge in [-0.1, -0.05) is 0 Å². The zero-order valence-electron chi connectivity index (χ0n) is 19.9. The summed E-state index contributed by atoms with van der Waals surface area (Å²) in [5.41, 5.74) is 2.62. The van der Waals surface area contributed by atoms with Crippen LogP contribution in [0.3, 0.4) is 0 Å². The van der Waals surface area contributed by atoms with Crippen LogP contribution in [0.15, 0.2) is 52.9 Å². The molecule has 1 aliphatic rings. The number of oxazole rings is 1. The Bertz CT molecular complexity index is 1030. The molecule has 0 radical (unpaired) electrons. The van der Waals surface area contributed by atoms with Gasteiger partial charge in [-0.25, -0.2) is 14.8 Å². The van der Waals surface area contributed by atoms with Crippen LogP contribution in [0.2, 0.25) is 0 Å². The predicted octanol–water partition coefficient (Wildman–Crippen LogP) is 5.43. The van der Waals surface area contributed by atoms with Crippen molar-refractivity contribution < 1.29 is 23.9 Å². The van der Waals surface area contributed by atoms with E-state index in [9.17, 15) is 10.0 Å². The molecule has 1 saturated heterocycles. The molecule has 180 valence electrons. The average Bonchev–Trinajstić information content (AvgIpc) is 3.18. The van der Waals surface area contributed by atoms with Gasteiger partial charge in [0, 0.05) is 36.7 Å². The Balaban J connectivity index is 1.65. The molecule has 34 heavy (non-hydrogen) atoms. The number of aromatic nitrogens is 1. The van der Waals surface area contributed by atoms with E-state index >= 15 is 0 Å². The SMILES string of the molecule is CCN(O)C(=O)N1CCCC(c2nc(-c3ccc(OC)cc3)c(-c3ccc(OC)cc3)o2)CC1. The molecule has 0 saturated carbocycles. The standard InChI is InChI=1S/C26H31N3O5/c1-4-29(31)26(30)28-16-5-6-20(15-17-28)25-27-23(18-7-11-21(32-2)12-8-18)24(34-25)19-9-13-22(33-3)14-10-19/h7-14,20,31H,4-6,15-17H2,1-3H3. The number of benzene rings is 2. The van der Waals surface area contributed by atoms with Crippen LogP contribution in [-0.4, -0.2) is 60.0 Å². The number of hydrogen-bond acceptors (Lipinski definition) is 6. The van der Waals surface area contributed by atoms with Crippen LogP contribution < -0.4 is 9.47 Å². The molecule has 4 rings (SSSR count). The number of methoxy groups -OCH3 is 2. The molecule has 2 aromatic carbocycles. The topological polar surface area (TPSA) is 88.3 Å². The molecule has 1 N–H and O–H groups in total. The van der Waals surface area contributed by atoms with Crippen molar-refractivity contribution in [1.82, 2.24) is 14.9 Å². The number of hydroxylamine groups is 2. The minimum absolute atomic E-state index is 0.0792. The monoisotopic (exact) mass is 465 g/mol. The molecule has 1 aliphatic heterocycles. The second kappa shape index (κ2) is 10.6. The van der Waals surface area contributed by atoms with Crippen molar-refractivity contribution >= 4 is 6.03 Å². The van der Waals surface area contributed by atoms with Crippen LogP contribution in [0.4, 0.5) is 4.79 Å². The van der Waals surface area contributed by atoms with Gasteiger partial charge in [0.05, 0.1) is 14.2 Å². The molecule has 0 aliphatic carbocycles. The van der Waals surface area contributed by atoms with Gasteiger partial charge in [-0.15, -0.1) is 0 Å². The minimum atomic E-state index is -0.353. The summed E-state index contributed by atoms with van der Waals surface area (Å²) in [7, 11) is 3.28. The summed E-state index contributed by atoms with van der Waals surface area (Å²) in [6, 6.07) is 15.1. The van der Waals surface area contributed by atoms with Gasteiger partial charge in [-0.05, 0) is 74.7 Å². The first-order chi connectivity index (χ1) is 16.5. The maximum Gasteiger partial charge on any atom is 0.343 e. The highest BCUT2D eigenvalue weighted by molar-refractivity contribution is 5.77. The van der Waals surface area contributed by atoms with Crippen molar-refractivity contribution in [3.8, 4) is 34.1 Å². The van der Waals surface area contributed by atoms with Gasteiger partial charge >= 0.3 is 6.03 Å². The molecule has 0 spiro atoms. The number of carbonyl (C=O) groups is 1. The van der Waals surface area contributed by atoms with E-state index in [1.807, 2.05) is 48.5 Å². The third-order valence-electron chi connectivity index (χ3n) is 6.23. The van der Waals surface area contributed by atoms with E-state index in [2.05, 4.69) is 0 Å². The smallest absolute Gasteiger partial charge is 0.343 e. The maximum atomic E-state index is 12.4. The molecule has 1 aromatic heterocycles. The number of nitrogens with zero attached hydrogens (tertiary/aromatic N) is 3. The number of amides is 2. The minimum Gasteiger partial charge on any atom is -0.497 e. The highest BCUT2D eigenvalue weighted by atomic mass is 16.5. The summed E-state index contributed by atoms with van der Waals surface area (Å²) in [4.78, 5) is 19.0. The maximum absolute atomic E-state index is 12.4. The summed E-state index contributed by atoms with van der Waals surface area (Å²) in [5.74, 6) is 3.00. The molecule has 1 fully saturated rings. The van der Waals surface area contributed by atoms with Gasteiger partial charge in [-0.3, -0.25) is 5.21 Å². The quantitative estimate of drug-likeness (QED) is 0.386. The van der Waals surface area contributed by atoms with E-state index < -0.39 is 0 Å². The lowest BCUT2D eigenvalue weighted by Gasteiger charge is -2.24. The van der Waals surface area contributed by atoms with Crippen molar-refractivity contribution in [3.05, 3.63) is 54.4 Å². The highest BCUT2D eigenvalue weighted by Crippen LogP contribution is 2.38. The zero-order chi connectivity index (χ0) is 24.1. The molecule has 2 heterocycles. The molecular weight excluding hydrogens is 434 g/mol. The Labute approximate surface area is 199 Å². The summed E-state index contributed by atoms with van der Waals surface area (Å²) in [5, 5.41) is 10.6. The van der Waals surface area contributed by atoms with Crippen molar-refractivity contribution in [2.45, 2.75) is 32.1 Å². The third kappa shape index (κ3) is 5.02. The van der Waals surface area contributed by atoms with E-state index in [-0.39, 0.29) is 18.5 Å². The normalized spacial score (nSPS) is 16.1. The van der Waals surface area contributed by atoms with Gasteiger partial charge in [0.15, 0.2) is 11.7 Å². The Kier molecular flexibility index (Phi) is 7.37. The molecule has 8 heteroatoms. The fourth-order valence-corrected chi connectivity index (χ4v) is 4.23. The lowest BCUT2D eigenvalue weighted by Crippen LogP contribution is -2.41. The third-order valence-corrected chi connectivity index (χ3v) is 6.23. The number of carbonyl (C=O) groups excluding carboxylic acids is 1. The second-order valence-corrected chi connectivity index (χ2v) is 8.30. The number of hydrogen-bond donors (Lipinski definition) is 1. The molecule has 0 bridgehead atoms. The van der Waals surface area contributed by atoms with E-state index in [0.29, 0.717) is 31.2 Å². The fraction of sp³-hybridized carbons (Fsp3) is 0.385. The average molecular weight is 466 g/mol. The zero-order valence-corrected chi connectivity index (χ0v) is 19.9. The van der Waals surface area contributed by atoms with Crippen LogP contribution >= 0.6 is 0 Å². The van der Waals surface area contributed by atoms with Crippen LogP contribution in [0.1, 0.15) is 38.0 Å². The van der Waals surface area contributed by atoms with Crippen molar-refractivity contribution in [3.63, 3.8) is 0 Å². The van der Waals surface area contributed by atoms with E-state index in [1.165, 1.54) is 0 Å². The Morgan fingerprint density at radius 1 is 1.03 bits per heavy atom. The Morgan fingerprint density at radius 3 is 2.24 bits per heavy atom. The van der Waals surface area contributed by atoms with E-state index in [4.69, 9.17) is 18.9 Å². The molecule has 1 atom stereocenters. The molecule has 2 amide bonds. The first kappa shape index (κ1) is 23.6. The van der Waals surface area contributed by atoms with Crippen molar-refractivity contribution in [2.75, 3.05) is 33.9 Å². The van der Waals surface area contributed by atoms with Gasteiger partial charge < -0.3 is 18.8 Å². The molecule has 8 nitrogen and oxygen atoms in total. The van der Waals surface area contributed by atoms with Gasteiger partial charge in [0.1, 0.15) is 17.2 Å². The second-order valence-electron chi connectivity index (χ2n) is 8.30. The number of ether oxygens (including phenoxy) is 2. The Hall–Kier alpha value is -3.52. The summed E-state index contributed by atoms with van der Waals surface area (Å²) in [6.45, 7) is 3.14. The predicted molar refractivity (Wildman–Crippen MR) is 128 cm³/mol. The van der Waals surface area contributed by atoms with Gasteiger partial charge in [0.25, 0.3) is 0 Å². The molecule has 3 aromatic rings. The van der Waals surface area contributed by atoms with Crippen LogP contribution in [0.5, 0.6) is 11.5 Å². The fourth-order valence-electron chi connectivity index (χ4n) is 4.23. The molecular formula is C26H31N3O5. The van der Waals surface area contributed by atoms with Crippen LogP contribution in [0.25, 0.3) is 22.6 Å². The van der Waals surface area contributed by atoms with E-state index in [0.717, 1.165) is 46.2 Å². The highest BCUT2D eigenvalue weighted by Gasteiger charge is 2.28. The van der Waals surface area contributed by atoms with E-state index in [1.54, 1.807) is 26.0 Å². The van der Waals surface area contributed by atoms with Crippen LogP contribution in [-0.2, 0) is 0 Å². The number of likely N-dealkylation sites (tertiary alicyclic amines) is 1. The van der Waals surface area contributed by atoms with Crippen molar-refractivity contribution in [1.29, 1.82) is 0 Å². The van der Waals surface area contributed by atoms with Crippen LogP contribution in [0, 0.1) is 0 Å².